The highest BCUT2D eigenvalue weighted by molar-refractivity contribution is 7.99. The molecule has 0 aromatic heterocycles. The van der Waals surface area contributed by atoms with Crippen LogP contribution < -0.4 is 10.5 Å². The fourth-order valence-electron chi connectivity index (χ4n) is 1.52. The maximum Gasteiger partial charge on any atom is 0.240 e. The Morgan fingerprint density at radius 1 is 1.11 bits per heavy atom. The first-order valence-corrected chi connectivity index (χ1v) is 7.89. The van der Waals surface area contributed by atoms with Gasteiger partial charge in [0.05, 0.1) is 4.90 Å². The number of nitrogen functional groups attached to an aromatic ring is 1. The molecule has 2 aromatic carbocycles. The first-order valence-electron chi connectivity index (χ1n) is 5.59. The number of anilines is 1. The van der Waals surface area contributed by atoms with Crippen LogP contribution in [-0.4, -0.2) is 15.5 Å². The van der Waals surface area contributed by atoms with Crippen LogP contribution in [-0.2, 0) is 10.0 Å². The van der Waals surface area contributed by atoms with Gasteiger partial charge in [-0.25, -0.2) is 13.1 Å². The van der Waals surface area contributed by atoms with E-state index in [-0.39, 0.29) is 4.90 Å². The minimum Gasteiger partial charge on any atom is -0.398 e. The second kappa shape index (κ2) is 5.64. The van der Waals surface area contributed by atoms with E-state index in [0.717, 1.165) is 9.79 Å². The van der Waals surface area contributed by atoms with Gasteiger partial charge >= 0.3 is 0 Å². The maximum absolute atomic E-state index is 11.6. The molecule has 0 atom stereocenters. The summed E-state index contributed by atoms with van der Waals surface area (Å²) in [5, 5.41) is 0. The van der Waals surface area contributed by atoms with Crippen LogP contribution in [0.1, 0.15) is 0 Å². The Bertz CT molecular complexity index is 670. The van der Waals surface area contributed by atoms with Crippen LogP contribution in [0.25, 0.3) is 0 Å². The first-order chi connectivity index (χ1) is 9.03. The van der Waals surface area contributed by atoms with Crippen molar-refractivity contribution in [3.63, 3.8) is 0 Å². The largest absolute Gasteiger partial charge is 0.398 e. The third kappa shape index (κ3) is 3.28. The van der Waals surface area contributed by atoms with Gasteiger partial charge in [-0.3, -0.25) is 0 Å². The molecule has 2 rings (SSSR count). The van der Waals surface area contributed by atoms with Crippen molar-refractivity contribution in [1.29, 1.82) is 0 Å². The van der Waals surface area contributed by atoms with E-state index in [1.165, 1.54) is 24.9 Å². The predicted molar refractivity (Wildman–Crippen MR) is 77.7 cm³/mol. The van der Waals surface area contributed by atoms with Gasteiger partial charge in [-0.15, -0.1) is 0 Å². The Kier molecular flexibility index (Phi) is 4.14. The average Bonchev–Trinajstić information content (AvgIpc) is 2.42. The molecular weight excluding hydrogens is 280 g/mol. The lowest BCUT2D eigenvalue weighted by molar-refractivity contribution is 0.588. The van der Waals surface area contributed by atoms with Crippen molar-refractivity contribution < 1.29 is 8.42 Å². The lowest BCUT2D eigenvalue weighted by atomic mass is 10.3. The molecule has 0 aliphatic carbocycles. The van der Waals surface area contributed by atoms with Crippen LogP contribution in [0.3, 0.4) is 0 Å². The van der Waals surface area contributed by atoms with Gasteiger partial charge in [0.25, 0.3) is 0 Å². The highest BCUT2D eigenvalue weighted by atomic mass is 32.2. The average molecular weight is 294 g/mol. The highest BCUT2D eigenvalue weighted by Gasteiger charge is 2.13. The Morgan fingerprint density at radius 2 is 1.79 bits per heavy atom. The zero-order valence-corrected chi connectivity index (χ0v) is 12.0. The molecule has 0 aliphatic rings. The summed E-state index contributed by atoms with van der Waals surface area (Å²) in [5.41, 5.74) is 6.36. The van der Waals surface area contributed by atoms with E-state index in [0.29, 0.717) is 5.69 Å². The van der Waals surface area contributed by atoms with Crippen molar-refractivity contribution in [1.82, 2.24) is 4.72 Å². The summed E-state index contributed by atoms with van der Waals surface area (Å²) >= 11 is 1.50. The lowest BCUT2D eigenvalue weighted by Crippen LogP contribution is -2.18. The molecule has 0 fully saturated rings. The second-order valence-corrected chi connectivity index (χ2v) is 6.82. The molecule has 19 heavy (non-hydrogen) atoms. The molecule has 0 spiro atoms. The Morgan fingerprint density at radius 3 is 2.37 bits per heavy atom. The fraction of sp³-hybridized carbons (Fsp3) is 0.0769. The van der Waals surface area contributed by atoms with E-state index in [9.17, 15) is 8.42 Å². The SMILES string of the molecule is CNS(=O)(=O)c1ccc(Sc2ccccc2)c(N)c1. The second-order valence-electron chi connectivity index (χ2n) is 3.82. The molecule has 0 amide bonds. The number of hydrogen-bond donors (Lipinski definition) is 2. The van der Waals surface area contributed by atoms with Crippen molar-refractivity contribution >= 4 is 27.5 Å². The number of rotatable bonds is 4. The van der Waals surface area contributed by atoms with Crippen molar-refractivity contribution in [2.24, 2.45) is 0 Å². The van der Waals surface area contributed by atoms with Gasteiger partial charge in [-0.2, -0.15) is 0 Å². The quantitative estimate of drug-likeness (QED) is 0.849. The van der Waals surface area contributed by atoms with Crippen LogP contribution in [0.2, 0.25) is 0 Å². The van der Waals surface area contributed by atoms with Crippen molar-refractivity contribution in [2.75, 3.05) is 12.8 Å². The summed E-state index contributed by atoms with van der Waals surface area (Å²) in [6.45, 7) is 0. The van der Waals surface area contributed by atoms with E-state index in [2.05, 4.69) is 4.72 Å². The van der Waals surface area contributed by atoms with Crippen molar-refractivity contribution in [3.05, 3.63) is 48.5 Å². The molecule has 3 N–H and O–H groups in total. The van der Waals surface area contributed by atoms with Crippen LogP contribution in [0.4, 0.5) is 5.69 Å². The van der Waals surface area contributed by atoms with Gasteiger partial charge in [0.1, 0.15) is 0 Å². The lowest BCUT2D eigenvalue weighted by Gasteiger charge is -2.08. The third-order valence-corrected chi connectivity index (χ3v) is 5.04. The predicted octanol–water partition coefficient (Wildman–Crippen LogP) is 2.33. The van der Waals surface area contributed by atoms with Crippen LogP contribution >= 0.6 is 11.8 Å². The normalized spacial score (nSPS) is 11.4. The first kappa shape index (κ1) is 13.9. The summed E-state index contributed by atoms with van der Waals surface area (Å²) in [6.07, 6.45) is 0. The van der Waals surface area contributed by atoms with Gasteiger partial charge in [0.2, 0.25) is 10.0 Å². The number of benzene rings is 2. The van der Waals surface area contributed by atoms with E-state index < -0.39 is 10.0 Å². The molecule has 0 bridgehead atoms. The monoisotopic (exact) mass is 294 g/mol. The minimum absolute atomic E-state index is 0.171. The Balaban J connectivity index is 2.31. The zero-order valence-electron chi connectivity index (χ0n) is 10.3. The number of hydrogen-bond acceptors (Lipinski definition) is 4. The molecule has 100 valence electrons. The molecule has 4 nitrogen and oxygen atoms in total. The smallest absolute Gasteiger partial charge is 0.240 e. The number of nitrogens with two attached hydrogens (primary N) is 1. The molecule has 0 unspecified atom stereocenters. The van der Waals surface area contributed by atoms with Gasteiger partial charge in [0.15, 0.2) is 0 Å². The van der Waals surface area contributed by atoms with Crippen LogP contribution in [0.5, 0.6) is 0 Å². The molecule has 0 aliphatic heterocycles. The summed E-state index contributed by atoms with van der Waals surface area (Å²) in [4.78, 5) is 2.06. The minimum atomic E-state index is -3.45. The molecule has 0 saturated carbocycles. The van der Waals surface area contributed by atoms with Gasteiger partial charge in [-0.1, -0.05) is 30.0 Å². The summed E-state index contributed by atoms with van der Waals surface area (Å²) in [5.74, 6) is 0. The number of sulfonamides is 1. The molecule has 0 saturated heterocycles. The zero-order chi connectivity index (χ0) is 13.9. The molecule has 0 heterocycles. The Labute approximate surface area is 117 Å². The van der Waals surface area contributed by atoms with Crippen LogP contribution in [0.15, 0.2) is 63.2 Å². The molecule has 2 aromatic rings. The van der Waals surface area contributed by atoms with E-state index in [4.69, 9.17) is 5.73 Å². The van der Waals surface area contributed by atoms with Gasteiger partial charge < -0.3 is 5.73 Å². The van der Waals surface area contributed by atoms with Gasteiger partial charge in [-0.05, 0) is 37.4 Å². The molecular formula is C13H14N2O2S2. The van der Waals surface area contributed by atoms with Crippen molar-refractivity contribution in [3.8, 4) is 0 Å². The van der Waals surface area contributed by atoms with E-state index in [1.807, 2.05) is 30.3 Å². The van der Waals surface area contributed by atoms with Crippen LogP contribution in [0, 0.1) is 0 Å². The molecule has 0 radical (unpaired) electrons. The topological polar surface area (TPSA) is 72.2 Å². The standard InChI is InChI=1S/C13H14N2O2S2/c1-15-19(16,17)11-7-8-13(12(14)9-11)18-10-5-3-2-4-6-10/h2-9,15H,14H2,1H3. The number of nitrogens with one attached hydrogen (secondary N) is 1. The summed E-state index contributed by atoms with van der Waals surface area (Å²) in [6, 6.07) is 14.5. The third-order valence-electron chi connectivity index (χ3n) is 2.53. The van der Waals surface area contributed by atoms with Gasteiger partial charge in [0, 0.05) is 15.5 Å². The van der Waals surface area contributed by atoms with E-state index >= 15 is 0 Å². The maximum atomic E-state index is 11.6. The summed E-state index contributed by atoms with van der Waals surface area (Å²) in [7, 11) is -2.08. The molecule has 6 heteroatoms. The summed E-state index contributed by atoms with van der Waals surface area (Å²) < 4.78 is 25.6. The van der Waals surface area contributed by atoms with E-state index in [1.54, 1.807) is 12.1 Å². The van der Waals surface area contributed by atoms with Crippen molar-refractivity contribution in [2.45, 2.75) is 14.7 Å². The fourth-order valence-corrected chi connectivity index (χ4v) is 3.15. The Hall–Kier alpha value is -1.50. The highest BCUT2D eigenvalue weighted by Crippen LogP contribution is 2.33.